The molecular weight excluding hydrogens is 655 g/mol. The predicted molar refractivity (Wildman–Crippen MR) is 189 cm³/mol. The van der Waals surface area contributed by atoms with E-state index in [1.54, 1.807) is 30.3 Å². The molecule has 13 nitrogen and oxygen atoms in total. The van der Waals surface area contributed by atoms with E-state index < -0.39 is 22.7 Å². The summed E-state index contributed by atoms with van der Waals surface area (Å²) in [7, 11) is 1.62. The molecule has 1 saturated heterocycles. The molecule has 5 aromatic rings. The third-order valence-electron chi connectivity index (χ3n) is 8.38. The molecule has 4 heterocycles. The van der Waals surface area contributed by atoms with E-state index in [0.717, 1.165) is 16.9 Å². The van der Waals surface area contributed by atoms with Crippen molar-refractivity contribution in [3.05, 3.63) is 83.4 Å². The van der Waals surface area contributed by atoms with E-state index in [0.29, 0.717) is 59.9 Å². The third-order valence-corrected chi connectivity index (χ3v) is 8.38. The molecule has 14 heteroatoms. The first-order valence-corrected chi connectivity index (χ1v) is 16.8. The molecule has 0 spiro atoms. The van der Waals surface area contributed by atoms with Gasteiger partial charge in [0.25, 0.3) is 11.7 Å². The van der Waals surface area contributed by atoms with Gasteiger partial charge in [0.05, 0.1) is 19.0 Å². The number of hydrogen-bond donors (Lipinski definition) is 2. The van der Waals surface area contributed by atoms with Crippen molar-refractivity contribution in [1.82, 2.24) is 35.1 Å². The van der Waals surface area contributed by atoms with Gasteiger partial charge in [0, 0.05) is 42.9 Å². The van der Waals surface area contributed by atoms with E-state index in [1.807, 2.05) is 76.6 Å². The number of halogens is 1. The van der Waals surface area contributed by atoms with Gasteiger partial charge in [-0.1, -0.05) is 50.2 Å². The van der Waals surface area contributed by atoms with Gasteiger partial charge >= 0.3 is 6.09 Å². The summed E-state index contributed by atoms with van der Waals surface area (Å²) < 4.78 is 33.6. The van der Waals surface area contributed by atoms with Crippen LogP contribution in [0.2, 0.25) is 0 Å². The maximum absolute atomic E-state index is 15.7. The molecule has 3 aromatic heterocycles. The highest BCUT2D eigenvalue weighted by Crippen LogP contribution is 2.35. The number of benzene rings is 2. The summed E-state index contributed by atoms with van der Waals surface area (Å²) in [6, 6.07) is 14.3. The number of nitrogens with zero attached hydrogens (tertiary/aromatic N) is 6. The summed E-state index contributed by atoms with van der Waals surface area (Å²) in [6.07, 6.45) is 2.01. The van der Waals surface area contributed by atoms with Crippen molar-refractivity contribution in [3.63, 3.8) is 0 Å². The number of amides is 2. The topological polar surface area (TPSA) is 150 Å². The second-order valence-electron chi connectivity index (χ2n) is 14.6. The quantitative estimate of drug-likeness (QED) is 0.179. The molecule has 1 fully saturated rings. The molecular formula is C37H43FN8O5. The van der Waals surface area contributed by atoms with Gasteiger partial charge in [0.1, 0.15) is 17.2 Å². The zero-order valence-corrected chi connectivity index (χ0v) is 29.9. The van der Waals surface area contributed by atoms with Gasteiger partial charge in [-0.25, -0.2) is 18.9 Å². The van der Waals surface area contributed by atoms with Crippen LogP contribution in [0.5, 0.6) is 5.75 Å². The van der Waals surface area contributed by atoms with Gasteiger partial charge in [0.2, 0.25) is 5.89 Å². The molecule has 0 saturated carbocycles. The lowest BCUT2D eigenvalue weighted by Crippen LogP contribution is -2.36. The monoisotopic (exact) mass is 698 g/mol. The lowest BCUT2D eigenvalue weighted by molar-refractivity contribution is 0.0293. The Labute approximate surface area is 295 Å². The number of fused-ring (bicyclic) bond motifs is 1. The first-order chi connectivity index (χ1) is 24.2. The molecule has 1 aliphatic heterocycles. The molecule has 268 valence electrons. The molecule has 51 heavy (non-hydrogen) atoms. The number of anilines is 1. The third kappa shape index (κ3) is 8.11. The zero-order valence-electron chi connectivity index (χ0n) is 29.9. The van der Waals surface area contributed by atoms with Crippen molar-refractivity contribution in [2.75, 3.05) is 25.5 Å². The summed E-state index contributed by atoms with van der Waals surface area (Å²) in [5, 5.41) is 15.7. The van der Waals surface area contributed by atoms with Crippen LogP contribution in [0.4, 0.5) is 15.0 Å². The average molecular weight is 699 g/mol. The van der Waals surface area contributed by atoms with Crippen LogP contribution < -0.4 is 15.4 Å². The maximum atomic E-state index is 15.7. The minimum absolute atomic E-state index is 0.0709. The number of methoxy groups -OCH3 is 1. The van der Waals surface area contributed by atoms with Crippen LogP contribution >= 0.6 is 0 Å². The number of likely N-dealkylation sites (tertiary alicyclic amines) is 1. The van der Waals surface area contributed by atoms with Crippen molar-refractivity contribution in [3.8, 4) is 16.9 Å². The van der Waals surface area contributed by atoms with Crippen LogP contribution in [0.25, 0.3) is 22.2 Å². The Morgan fingerprint density at radius 3 is 2.49 bits per heavy atom. The summed E-state index contributed by atoms with van der Waals surface area (Å²) in [4.78, 5) is 36.0. The largest absolute Gasteiger partial charge is 0.497 e. The Hall–Kier alpha value is -5.53. The number of pyridine rings is 1. The van der Waals surface area contributed by atoms with Crippen LogP contribution in [0.1, 0.15) is 75.6 Å². The van der Waals surface area contributed by atoms with Gasteiger partial charge in [-0.2, -0.15) is 10.1 Å². The fraction of sp³-hybridized carbons (Fsp3) is 0.405. The van der Waals surface area contributed by atoms with Gasteiger partial charge in [-0.3, -0.25) is 4.79 Å². The smallest absolute Gasteiger partial charge is 0.410 e. The molecule has 0 radical (unpaired) electrons. The number of rotatable bonds is 9. The Kier molecular flexibility index (Phi) is 9.69. The zero-order chi connectivity index (χ0) is 36.5. The van der Waals surface area contributed by atoms with Crippen LogP contribution in [-0.2, 0) is 23.2 Å². The number of aromatic nitrogens is 5. The molecule has 0 unspecified atom stereocenters. The minimum Gasteiger partial charge on any atom is -0.497 e. The van der Waals surface area contributed by atoms with E-state index in [2.05, 4.69) is 20.8 Å². The normalized spacial score (nSPS) is 14.9. The van der Waals surface area contributed by atoms with Gasteiger partial charge in [-0.15, -0.1) is 0 Å². The second kappa shape index (κ2) is 14.0. The predicted octanol–water partition coefficient (Wildman–Crippen LogP) is 6.33. The highest BCUT2D eigenvalue weighted by atomic mass is 19.1. The van der Waals surface area contributed by atoms with Gasteiger partial charge in [0.15, 0.2) is 11.5 Å². The number of ether oxygens (including phenoxy) is 2. The lowest BCUT2D eigenvalue weighted by atomic mass is 9.97. The van der Waals surface area contributed by atoms with Crippen LogP contribution in [0, 0.1) is 5.82 Å². The SMILES string of the molecule is COc1ccc(Cn2nc(N[C@H]3CCN(C(=O)OC(C)(C)C)C3)c3c(-c4ccc(CNC(=O)c5noc(C(C)(C)C)n5)c(F)c4)ccnc32)cc1. The van der Waals surface area contributed by atoms with Gasteiger partial charge < -0.3 is 29.5 Å². The molecule has 1 atom stereocenters. The van der Waals surface area contributed by atoms with E-state index >= 15 is 4.39 Å². The number of hydrogen-bond acceptors (Lipinski definition) is 10. The second-order valence-corrected chi connectivity index (χ2v) is 14.6. The fourth-order valence-electron chi connectivity index (χ4n) is 5.75. The number of nitrogens with one attached hydrogen (secondary N) is 2. The van der Waals surface area contributed by atoms with E-state index in [1.165, 1.54) is 6.07 Å². The van der Waals surface area contributed by atoms with Crippen molar-refractivity contribution in [1.29, 1.82) is 0 Å². The summed E-state index contributed by atoms with van der Waals surface area (Å²) in [6.45, 7) is 12.6. The molecule has 2 aromatic carbocycles. The van der Waals surface area contributed by atoms with Crippen LogP contribution in [-0.4, -0.2) is 73.6 Å². The molecule has 0 bridgehead atoms. The number of carbonyl (C=O) groups excluding carboxylic acids is 2. The minimum atomic E-state index is -0.597. The first-order valence-electron chi connectivity index (χ1n) is 16.8. The van der Waals surface area contributed by atoms with Crippen molar-refractivity contribution in [2.45, 2.75) is 78.1 Å². The Balaban J connectivity index is 1.27. The van der Waals surface area contributed by atoms with Crippen molar-refractivity contribution >= 4 is 28.9 Å². The fourth-order valence-corrected chi connectivity index (χ4v) is 5.75. The Bertz CT molecular complexity index is 2040. The Morgan fingerprint density at radius 1 is 1.06 bits per heavy atom. The van der Waals surface area contributed by atoms with Crippen LogP contribution in [0.3, 0.4) is 0 Å². The summed E-state index contributed by atoms with van der Waals surface area (Å²) in [5.41, 5.74) is 2.21. The summed E-state index contributed by atoms with van der Waals surface area (Å²) in [5.74, 6) is 0.484. The summed E-state index contributed by atoms with van der Waals surface area (Å²) >= 11 is 0. The molecule has 0 aliphatic carbocycles. The highest BCUT2D eigenvalue weighted by Gasteiger charge is 2.31. The van der Waals surface area contributed by atoms with Crippen molar-refractivity contribution < 1.29 is 28.0 Å². The van der Waals surface area contributed by atoms with Gasteiger partial charge in [-0.05, 0) is 68.1 Å². The van der Waals surface area contributed by atoms with Crippen LogP contribution in [0.15, 0.2) is 59.3 Å². The van der Waals surface area contributed by atoms with Crippen molar-refractivity contribution in [2.24, 2.45) is 0 Å². The maximum Gasteiger partial charge on any atom is 0.410 e. The number of carbonyl (C=O) groups is 2. The standard InChI is InChI=1S/C37H43FN8O5/c1-36(2,3)34-42-31(44-51-34)33(47)40-19-24-11-10-23(18-28(24)38)27-14-16-39-32-29(27)30(43-46(32)20-22-8-12-26(49-7)13-9-22)41-25-15-17-45(21-25)35(48)50-37(4,5)6/h8-14,16,18,25H,15,17,19-21H2,1-7H3,(H,40,47)(H,41,43)/t25-/m0/s1. The lowest BCUT2D eigenvalue weighted by Gasteiger charge is -2.24. The molecule has 6 rings (SSSR count). The first kappa shape index (κ1) is 35.3. The average Bonchev–Trinajstić information content (AvgIpc) is 3.84. The Morgan fingerprint density at radius 2 is 1.82 bits per heavy atom. The molecule has 1 aliphatic rings. The van der Waals surface area contributed by atoms with E-state index in [9.17, 15) is 9.59 Å². The van der Waals surface area contributed by atoms with E-state index in [4.69, 9.17) is 24.1 Å². The highest BCUT2D eigenvalue weighted by molar-refractivity contribution is 6.01. The molecule has 2 amide bonds. The molecule has 2 N–H and O–H groups in total. The van der Waals surface area contributed by atoms with E-state index in [-0.39, 0.29) is 24.5 Å².